The monoisotopic (exact) mass is 625 g/mol. The zero-order valence-corrected chi connectivity index (χ0v) is 25.3. The highest BCUT2D eigenvalue weighted by Gasteiger charge is 2.38. The van der Waals surface area contributed by atoms with E-state index in [9.17, 15) is 24.0 Å². The van der Waals surface area contributed by atoms with Crippen LogP contribution in [0.5, 0.6) is 11.5 Å². The van der Waals surface area contributed by atoms with Crippen LogP contribution < -0.4 is 31.2 Å². The molecule has 14 nitrogen and oxygen atoms in total. The molecule has 4 atom stereocenters. The summed E-state index contributed by atoms with van der Waals surface area (Å²) in [5.41, 5.74) is 6.47. The molecule has 45 heavy (non-hydrogen) atoms. The van der Waals surface area contributed by atoms with Crippen molar-refractivity contribution in [1.82, 2.24) is 20.9 Å². The van der Waals surface area contributed by atoms with Gasteiger partial charge >= 0.3 is 6.09 Å². The lowest BCUT2D eigenvalue weighted by atomic mass is 9.99. The number of rotatable bonds is 15. The Bertz CT molecular complexity index is 1340. The van der Waals surface area contributed by atoms with E-state index >= 15 is 0 Å². The highest BCUT2D eigenvalue weighted by Crippen LogP contribution is 2.18. The Morgan fingerprint density at radius 2 is 1.42 bits per heavy atom. The Morgan fingerprint density at radius 3 is 1.98 bits per heavy atom. The van der Waals surface area contributed by atoms with E-state index in [-0.39, 0.29) is 43.4 Å². The van der Waals surface area contributed by atoms with E-state index in [4.69, 9.17) is 24.7 Å². The van der Waals surface area contributed by atoms with E-state index in [1.54, 1.807) is 43.5 Å². The first-order valence-corrected chi connectivity index (χ1v) is 14.7. The van der Waals surface area contributed by atoms with Crippen LogP contribution in [0.3, 0.4) is 0 Å². The van der Waals surface area contributed by atoms with Crippen LogP contribution in [0.25, 0.3) is 0 Å². The highest BCUT2D eigenvalue weighted by atomic mass is 16.6. The zero-order chi connectivity index (χ0) is 32.3. The summed E-state index contributed by atoms with van der Waals surface area (Å²) in [6, 6.07) is 10.4. The van der Waals surface area contributed by atoms with Crippen LogP contribution >= 0.6 is 0 Å². The Hall–Kier alpha value is -4.53. The number of morpholine rings is 1. The maximum absolute atomic E-state index is 13.7. The lowest BCUT2D eigenvalue weighted by molar-refractivity contribution is -0.133. The second-order valence-corrected chi connectivity index (χ2v) is 10.8. The topological polar surface area (TPSA) is 191 Å². The van der Waals surface area contributed by atoms with Crippen LogP contribution in [0.2, 0.25) is 0 Å². The van der Waals surface area contributed by atoms with Gasteiger partial charge in [-0.25, -0.2) is 4.79 Å². The van der Waals surface area contributed by atoms with Gasteiger partial charge in [-0.3, -0.25) is 24.1 Å². The minimum absolute atomic E-state index is 0.107. The van der Waals surface area contributed by atoms with E-state index < -0.39 is 42.1 Å². The number of nitrogens with two attached hydrogens (primary N) is 1. The molecule has 0 aliphatic carbocycles. The molecule has 0 spiro atoms. The van der Waals surface area contributed by atoms with Crippen molar-refractivity contribution in [2.24, 2.45) is 5.73 Å². The zero-order valence-electron chi connectivity index (χ0n) is 25.3. The first-order valence-electron chi connectivity index (χ1n) is 14.7. The Labute approximate surface area is 260 Å². The van der Waals surface area contributed by atoms with E-state index in [1.807, 2.05) is 4.90 Å². The molecule has 2 fully saturated rings. The maximum atomic E-state index is 13.7. The number of hydrogen-bond donors (Lipinski definition) is 4. The number of carbonyl (C=O) groups excluding carboxylic acids is 5. The van der Waals surface area contributed by atoms with Gasteiger partial charge in [0, 0.05) is 19.5 Å². The summed E-state index contributed by atoms with van der Waals surface area (Å²) in [5, 5.41) is 8.23. The third kappa shape index (κ3) is 10.6. The van der Waals surface area contributed by atoms with Crippen molar-refractivity contribution in [3.8, 4) is 11.5 Å². The summed E-state index contributed by atoms with van der Waals surface area (Å²) < 4.78 is 20.6. The van der Waals surface area contributed by atoms with Crippen LogP contribution in [0.1, 0.15) is 18.1 Å². The number of nitrogens with zero attached hydrogens (tertiary/aromatic N) is 1. The van der Waals surface area contributed by atoms with Gasteiger partial charge in [0.1, 0.15) is 29.7 Å². The van der Waals surface area contributed by atoms with Gasteiger partial charge in [-0.2, -0.15) is 0 Å². The third-order valence-electron chi connectivity index (χ3n) is 7.37. The number of carbonyl (C=O) groups is 5. The number of ether oxygens (including phenoxy) is 4. The molecule has 2 heterocycles. The summed E-state index contributed by atoms with van der Waals surface area (Å²) in [6.45, 7) is 4.24. The molecule has 2 aromatic rings. The molecule has 242 valence electrons. The van der Waals surface area contributed by atoms with Crippen molar-refractivity contribution in [3.63, 3.8) is 0 Å². The van der Waals surface area contributed by atoms with Crippen molar-refractivity contribution in [3.05, 3.63) is 59.7 Å². The van der Waals surface area contributed by atoms with E-state index in [0.29, 0.717) is 37.6 Å². The Kier molecular flexibility index (Phi) is 11.8. The molecular formula is C31H39N5O9. The lowest BCUT2D eigenvalue weighted by Gasteiger charge is -2.27. The van der Waals surface area contributed by atoms with Gasteiger partial charge in [0.25, 0.3) is 0 Å². The molecule has 0 radical (unpaired) electrons. The lowest BCUT2D eigenvalue weighted by Crippen LogP contribution is -2.57. The van der Waals surface area contributed by atoms with Crippen molar-refractivity contribution in [2.75, 3.05) is 46.6 Å². The molecule has 4 amide bonds. The van der Waals surface area contributed by atoms with Crippen LogP contribution in [-0.2, 0) is 41.5 Å². The van der Waals surface area contributed by atoms with Gasteiger partial charge in [0.05, 0.1) is 39.5 Å². The second kappa shape index (κ2) is 16.0. The van der Waals surface area contributed by atoms with Crippen LogP contribution in [0.15, 0.2) is 48.5 Å². The number of amides is 4. The molecule has 0 aromatic heterocycles. The smallest absolute Gasteiger partial charge is 0.409 e. The molecule has 2 saturated heterocycles. The Balaban J connectivity index is 1.45. The van der Waals surface area contributed by atoms with Crippen molar-refractivity contribution >= 4 is 29.6 Å². The fourth-order valence-corrected chi connectivity index (χ4v) is 4.80. The van der Waals surface area contributed by atoms with Gasteiger partial charge in [-0.1, -0.05) is 24.3 Å². The van der Waals surface area contributed by atoms with Crippen LogP contribution in [0, 0.1) is 0 Å². The number of Topliss-reactive ketones (excluding diaryl/α,β-unsaturated/α-hetero) is 1. The average Bonchev–Trinajstić information content (AvgIpc) is 3.87. The summed E-state index contributed by atoms with van der Waals surface area (Å²) in [4.78, 5) is 65.6. The molecule has 2 aliphatic heterocycles. The quantitative estimate of drug-likeness (QED) is 0.191. The van der Waals surface area contributed by atoms with Gasteiger partial charge in [0.15, 0.2) is 5.78 Å². The first kappa shape index (κ1) is 33.4. The number of benzene rings is 2. The standard InChI is InChI=1S/C31H39N5O9/c1-19(33-27(37)17-36-11-13-43-14-12-36)29(39)35-25(16-21-3-7-22(42-2)8-4-21)30(40)34-24(28(38)26-18-44-26)15-20-5-9-23(10-6-20)45-31(32)41/h3-10,19,24-26H,11-18H2,1-2H3,(H2,32,41)(H,33,37)(H,34,40)(H,35,39)/t19-,24-,25-,26+/m0/s1. The fraction of sp³-hybridized carbons (Fsp3) is 0.452. The fourth-order valence-electron chi connectivity index (χ4n) is 4.80. The molecule has 0 unspecified atom stereocenters. The van der Waals surface area contributed by atoms with Crippen molar-refractivity contribution in [1.29, 1.82) is 0 Å². The van der Waals surface area contributed by atoms with E-state index in [2.05, 4.69) is 16.0 Å². The molecule has 2 aromatic carbocycles. The molecule has 2 aliphatic rings. The third-order valence-corrected chi connectivity index (χ3v) is 7.37. The Morgan fingerprint density at radius 1 is 0.867 bits per heavy atom. The summed E-state index contributed by atoms with van der Waals surface area (Å²) in [6.07, 6.45) is -1.36. The summed E-state index contributed by atoms with van der Waals surface area (Å²) >= 11 is 0. The molecule has 14 heteroatoms. The van der Waals surface area contributed by atoms with Crippen LogP contribution in [0.4, 0.5) is 4.79 Å². The van der Waals surface area contributed by atoms with Crippen molar-refractivity contribution < 1.29 is 42.9 Å². The number of epoxide rings is 1. The van der Waals surface area contributed by atoms with Gasteiger partial charge < -0.3 is 40.6 Å². The molecule has 5 N–H and O–H groups in total. The summed E-state index contributed by atoms with van der Waals surface area (Å²) in [7, 11) is 1.54. The van der Waals surface area contributed by atoms with E-state index in [0.717, 1.165) is 5.56 Å². The largest absolute Gasteiger partial charge is 0.497 e. The summed E-state index contributed by atoms with van der Waals surface area (Å²) in [5.74, 6) is -0.909. The second-order valence-electron chi connectivity index (χ2n) is 10.8. The minimum Gasteiger partial charge on any atom is -0.497 e. The van der Waals surface area contributed by atoms with Gasteiger partial charge in [-0.05, 0) is 48.7 Å². The number of methoxy groups -OCH3 is 1. The molecule has 0 bridgehead atoms. The normalized spacial score (nSPS) is 18.0. The SMILES string of the molecule is COc1ccc(C[C@H](NC(=O)[C@H](C)NC(=O)CN2CCOCC2)C(=O)N[C@@H](Cc2ccc(OC(N)=O)cc2)C(=O)[C@H]2CO2)cc1. The number of ketones is 1. The van der Waals surface area contributed by atoms with Crippen LogP contribution in [-0.4, -0.2) is 105 Å². The van der Waals surface area contributed by atoms with Gasteiger partial charge in [-0.15, -0.1) is 0 Å². The number of hydrogen-bond acceptors (Lipinski definition) is 10. The number of nitrogens with one attached hydrogen (secondary N) is 3. The van der Waals surface area contributed by atoms with Gasteiger partial charge in [0.2, 0.25) is 17.7 Å². The predicted octanol–water partition coefficient (Wildman–Crippen LogP) is -0.288. The molecular weight excluding hydrogens is 586 g/mol. The highest BCUT2D eigenvalue weighted by molar-refractivity contribution is 5.96. The predicted molar refractivity (Wildman–Crippen MR) is 161 cm³/mol. The first-order chi connectivity index (χ1) is 21.6. The van der Waals surface area contributed by atoms with Crippen molar-refractivity contribution in [2.45, 2.75) is 44.0 Å². The number of primary amides is 1. The average molecular weight is 626 g/mol. The minimum atomic E-state index is -1.08. The van der Waals surface area contributed by atoms with E-state index in [1.165, 1.54) is 19.1 Å². The molecule has 0 saturated carbocycles. The molecule has 4 rings (SSSR count). The maximum Gasteiger partial charge on any atom is 0.409 e.